The van der Waals surface area contributed by atoms with Crippen LogP contribution in [0.2, 0.25) is 0 Å². The average Bonchev–Trinajstić information content (AvgIpc) is 3.20. The maximum Gasteiger partial charge on any atom is 0.161 e. The predicted octanol–water partition coefficient (Wildman–Crippen LogP) is 4.44. The van der Waals surface area contributed by atoms with Crippen LogP contribution in [-0.2, 0) is 0 Å². The molecule has 0 amide bonds. The molecule has 1 aromatic heterocycles. The average molecular weight is 359 g/mol. The molecule has 1 heterocycles. The Morgan fingerprint density at radius 3 is 2.37 bits per heavy atom. The predicted molar refractivity (Wildman–Crippen MR) is 102 cm³/mol. The number of hydrogen-bond acceptors (Lipinski definition) is 5. The molecule has 6 heteroatoms. The highest BCUT2D eigenvalue weighted by molar-refractivity contribution is 5.63. The molecule has 0 aliphatic carbocycles. The van der Waals surface area contributed by atoms with Crippen LogP contribution in [0.4, 0.5) is 0 Å². The molecule has 27 heavy (non-hydrogen) atoms. The Hall–Kier alpha value is -3.80. The van der Waals surface area contributed by atoms with Crippen molar-refractivity contribution in [2.45, 2.75) is 0 Å². The first-order valence-corrected chi connectivity index (χ1v) is 8.36. The van der Waals surface area contributed by atoms with Crippen LogP contribution in [0.25, 0.3) is 16.9 Å². The van der Waals surface area contributed by atoms with Gasteiger partial charge in [0.05, 0.1) is 19.0 Å². The van der Waals surface area contributed by atoms with E-state index in [2.05, 4.69) is 10.3 Å². The van der Waals surface area contributed by atoms with Gasteiger partial charge in [-0.1, -0.05) is 23.4 Å². The van der Waals surface area contributed by atoms with Gasteiger partial charge < -0.3 is 14.6 Å². The lowest BCUT2D eigenvalue weighted by Crippen LogP contribution is -1.94. The number of aromatic hydroxyl groups is 1. The Balaban J connectivity index is 1.55. The van der Waals surface area contributed by atoms with E-state index >= 15 is 0 Å². The second-order valence-corrected chi connectivity index (χ2v) is 5.84. The van der Waals surface area contributed by atoms with Gasteiger partial charge in [-0.2, -0.15) is 0 Å². The molecule has 0 bridgehead atoms. The summed E-state index contributed by atoms with van der Waals surface area (Å²) in [6.45, 7) is 0. The zero-order valence-corrected chi connectivity index (χ0v) is 14.6. The monoisotopic (exact) mass is 359 g/mol. The van der Waals surface area contributed by atoms with Crippen LogP contribution in [0, 0.1) is 0 Å². The maximum atomic E-state index is 9.72. The van der Waals surface area contributed by atoms with Crippen molar-refractivity contribution in [1.82, 2.24) is 15.0 Å². The lowest BCUT2D eigenvalue weighted by molar-refractivity contribution is 0.373. The summed E-state index contributed by atoms with van der Waals surface area (Å²) in [6, 6.07) is 22.3. The molecule has 0 radical (unpaired) electrons. The molecule has 0 unspecified atom stereocenters. The first-order chi connectivity index (χ1) is 13.2. The van der Waals surface area contributed by atoms with Gasteiger partial charge >= 0.3 is 0 Å². The first-order valence-electron chi connectivity index (χ1n) is 8.36. The molecule has 6 nitrogen and oxygen atoms in total. The molecule has 0 saturated heterocycles. The SMILES string of the molecule is COc1cc(-c2cn(-c3ccc(Oc4ccccc4)cc3)nn2)ccc1O. The standard InChI is InChI=1S/C21H17N3O3/c1-26-21-13-15(7-12-20(21)25)19-14-24(23-22-19)16-8-10-18(11-9-16)27-17-5-3-2-4-6-17/h2-14,25H,1H3. The van der Waals surface area contributed by atoms with E-state index in [1.807, 2.05) is 60.8 Å². The molecule has 4 aromatic rings. The molecule has 0 spiro atoms. The quantitative estimate of drug-likeness (QED) is 0.570. The molecule has 0 aliphatic rings. The van der Waals surface area contributed by atoms with Crippen LogP contribution in [0.1, 0.15) is 0 Å². The van der Waals surface area contributed by atoms with Gasteiger partial charge in [-0.05, 0) is 54.6 Å². The minimum atomic E-state index is 0.0858. The molecular formula is C21H17N3O3. The summed E-state index contributed by atoms with van der Waals surface area (Å²) in [7, 11) is 1.51. The molecule has 0 aliphatic heterocycles. The van der Waals surface area contributed by atoms with Crippen molar-refractivity contribution in [3.8, 4) is 39.9 Å². The summed E-state index contributed by atoms with van der Waals surface area (Å²) >= 11 is 0. The van der Waals surface area contributed by atoms with Crippen molar-refractivity contribution in [1.29, 1.82) is 0 Å². The summed E-state index contributed by atoms with van der Waals surface area (Å²) in [5.74, 6) is 2.01. The number of ether oxygens (including phenoxy) is 2. The lowest BCUT2D eigenvalue weighted by atomic mass is 10.1. The number of aromatic nitrogens is 3. The van der Waals surface area contributed by atoms with Crippen molar-refractivity contribution in [3.63, 3.8) is 0 Å². The molecule has 4 rings (SSSR count). The summed E-state index contributed by atoms with van der Waals surface area (Å²) in [5.41, 5.74) is 2.35. The number of phenolic OH excluding ortho intramolecular Hbond substituents is 1. The van der Waals surface area contributed by atoms with Gasteiger partial charge in [0.15, 0.2) is 11.5 Å². The Bertz CT molecular complexity index is 1040. The molecule has 0 atom stereocenters. The largest absolute Gasteiger partial charge is 0.504 e. The second kappa shape index (κ2) is 7.21. The van der Waals surface area contributed by atoms with E-state index in [9.17, 15) is 5.11 Å². The Morgan fingerprint density at radius 1 is 0.889 bits per heavy atom. The van der Waals surface area contributed by atoms with E-state index in [0.29, 0.717) is 11.4 Å². The van der Waals surface area contributed by atoms with Gasteiger partial charge in [-0.25, -0.2) is 4.68 Å². The molecular weight excluding hydrogens is 342 g/mol. The van der Waals surface area contributed by atoms with E-state index in [0.717, 1.165) is 22.7 Å². The topological polar surface area (TPSA) is 69.4 Å². The normalized spacial score (nSPS) is 10.6. The fraction of sp³-hybridized carbons (Fsp3) is 0.0476. The third-order valence-corrected chi connectivity index (χ3v) is 4.05. The zero-order valence-electron chi connectivity index (χ0n) is 14.6. The van der Waals surface area contributed by atoms with Crippen molar-refractivity contribution in [3.05, 3.63) is 79.0 Å². The van der Waals surface area contributed by atoms with Crippen LogP contribution in [-0.4, -0.2) is 27.2 Å². The zero-order chi connectivity index (χ0) is 18.6. The van der Waals surface area contributed by atoms with Crippen molar-refractivity contribution in [2.24, 2.45) is 0 Å². The summed E-state index contributed by atoms with van der Waals surface area (Å²) in [5, 5.41) is 18.1. The van der Waals surface area contributed by atoms with Crippen LogP contribution in [0.3, 0.4) is 0 Å². The van der Waals surface area contributed by atoms with Gasteiger partial charge in [0, 0.05) is 5.56 Å². The van der Waals surface area contributed by atoms with E-state index in [4.69, 9.17) is 9.47 Å². The van der Waals surface area contributed by atoms with Crippen molar-refractivity contribution >= 4 is 0 Å². The minimum absolute atomic E-state index is 0.0858. The molecule has 134 valence electrons. The van der Waals surface area contributed by atoms with E-state index in [1.165, 1.54) is 7.11 Å². The summed E-state index contributed by atoms with van der Waals surface area (Å²) in [4.78, 5) is 0. The smallest absolute Gasteiger partial charge is 0.161 e. The van der Waals surface area contributed by atoms with Crippen LogP contribution in [0.5, 0.6) is 23.0 Å². The maximum absolute atomic E-state index is 9.72. The van der Waals surface area contributed by atoms with Crippen LogP contribution < -0.4 is 9.47 Å². The number of hydrogen-bond donors (Lipinski definition) is 1. The van der Waals surface area contributed by atoms with Gasteiger partial charge in [0.2, 0.25) is 0 Å². The molecule has 0 saturated carbocycles. The van der Waals surface area contributed by atoms with Crippen molar-refractivity contribution in [2.75, 3.05) is 7.11 Å². The minimum Gasteiger partial charge on any atom is -0.504 e. The third-order valence-electron chi connectivity index (χ3n) is 4.05. The first kappa shape index (κ1) is 16.7. The molecule has 0 fully saturated rings. The number of methoxy groups -OCH3 is 1. The van der Waals surface area contributed by atoms with Gasteiger partial charge in [-0.3, -0.25) is 0 Å². The van der Waals surface area contributed by atoms with Gasteiger partial charge in [0.1, 0.15) is 17.2 Å². The highest BCUT2D eigenvalue weighted by Gasteiger charge is 2.09. The molecule has 3 aromatic carbocycles. The number of nitrogens with zero attached hydrogens (tertiary/aromatic N) is 3. The van der Waals surface area contributed by atoms with E-state index in [-0.39, 0.29) is 5.75 Å². The highest BCUT2D eigenvalue weighted by Crippen LogP contribution is 2.30. The Morgan fingerprint density at radius 2 is 1.63 bits per heavy atom. The third kappa shape index (κ3) is 3.59. The number of para-hydroxylation sites is 1. The van der Waals surface area contributed by atoms with Crippen LogP contribution in [0.15, 0.2) is 79.0 Å². The van der Waals surface area contributed by atoms with E-state index in [1.54, 1.807) is 22.9 Å². The number of rotatable bonds is 5. The highest BCUT2D eigenvalue weighted by atomic mass is 16.5. The summed E-state index contributed by atoms with van der Waals surface area (Å²) in [6.07, 6.45) is 1.82. The fourth-order valence-electron chi connectivity index (χ4n) is 2.65. The molecule has 1 N–H and O–H groups in total. The number of benzene rings is 3. The van der Waals surface area contributed by atoms with Gasteiger partial charge in [-0.15, -0.1) is 5.10 Å². The second-order valence-electron chi connectivity index (χ2n) is 5.84. The van der Waals surface area contributed by atoms with Crippen LogP contribution >= 0.6 is 0 Å². The van der Waals surface area contributed by atoms with E-state index < -0.39 is 0 Å². The fourth-order valence-corrected chi connectivity index (χ4v) is 2.65. The lowest BCUT2D eigenvalue weighted by Gasteiger charge is -2.06. The Kier molecular flexibility index (Phi) is 4.45. The van der Waals surface area contributed by atoms with Gasteiger partial charge in [0.25, 0.3) is 0 Å². The summed E-state index contributed by atoms with van der Waals surface area (Å²) < 4.78 is 12.6. The Labute approximate surface area is 156 Å². The van der Waals surface area contributed by atoms with Crippen molar-refractivity contribution < 1.29 is 14.6 Å². The number of phenols is 1.